The fourth-order valence-electron chi connectivity index (χ4n) is 2.37. The van der Waals surface area contributed by atoms with Gasteiger partial charge in [-0.15, -0.1) is 0 Å². The fraction of sp³-hybridized carbons (Fsp3) is 0.429. The van der Waals surface area contributed by atoms with Crippen molar-refractivity contribution >= 4 is 16.0 Å². The van der Waals surface area contributed by atoms with Gasteiger partial charge in [-0.3, -0.25) is 4.79 Å². The maximum Gasteiger partial charge on any atom is 0.310 e. The van der Waals surface area contributed by atoms with Gasteiger partial charge in [0.1, 0.15) is 0 Å². The second-order valence-electron chi connectivity index (χ2n) is 5.47. The number of nitrogens with zero attached hydrogens (tertiary/aromatic N) is 2. The lowest BCUT2D eigenvalue weighted by atomic mass is 9.90. The predicted molar refractivity (Wildman–Crippen MR) is 75.7 cm³/mol. The second kappa shape index (κ2) is 5.47. The first-order chi connectivity index (χ1) is 9.78. The Morgan fingerprint density at radius 2 is 2.14 bits per heavy atom. The molecule has 1 aliphatic heterocycles. The number of rotatable bonds is 4. The molecule has 0 aromatic heterocycles. The molecule has 0 aliphatic carbocycles. The zero-order valence-corrected chi connectivity index (χ0v) is 12.4. The zero-order chi connectivity index (χ0) is 15.7. The van der Waals surface area contributed by atoms with Crippen molar-refractivity contribution in [1.82, 2.24) is 4.31 Å². The quantitative estimate of drug-likeness (QED) is 0.900. The number of sulfonamides is 1. The number of hydrogen-bond acceptors (Lipinski definition) is 4. The van der Waals surface area contributed by atoms with Gasteiger partial charge in [0.25, 0.3) is 0 Å². The van der Waals surface area contributed by atoms with Crippen LogP contribution in [0, 0.1) is 16.7 Å². The van der Waals surface area contributed by atoms with Crippen LogP contribution in [0.4, 0.5) is 0 Å². The zero-order valence-electron chi connectivity index (χ0n) is 11.6. The summed E-state index contributed by atoms with van der Waals surface area (Å²) in [5.74, 6) is -1.27. The highest BCUT2D eigenvalue weighted by molar-refractivity contribution is 7.88. The molecule has 1 aromatic rings. The Bertz CT molecular complexity index is 708. The van der Waals surface area contributed by atoms with E-state index in [0.29, 0.717) is 17.5 Å². The molecule has 2 rings (SSSR count). The molecule has 1 N–H and O–H groups in total. The van der Waals surface area contributed by atoms with Crippen molar-refractivity contribution in [2.24, 2.45) is 5.41 Å². The van der Waals surface area contributed by atoms with Crippen LogP contribution in [0.25, 0.3) is 0 Å². The molecule has 1 fully saturated rings. The van der Waals surface area contributed by atoms with Gasteiger partial charge in [0.05, 0.1) is 22.8 Å². The first kappa shape index (κ1) is 15.5. The van der Waals surface area contributed by atoms with Crippen LogP contribution in [0.3, 0.4) is 0 Å². The smallest absolute Gasteiger partial charge is 0.310 e. The van der Waals surface area contributed by atoms with E-state index < -0.39 is 21.4 Å². The van der Waals surface area contributed by atoms with Crippen LogP contribution in [0.5, 0.6) is 0 Å². The molecular formula is C14H16N2O4S. The number of carbonyl (C=O) groups is 1. The summed E-state index contributed by atoms with van der Waals surface area (Å²) in [6, 6.07) is 8.48. The molecule has 7 heteroatoms. The van der Waals surface area contributed by atoms with Crippen LogP contribution in [0.15, 0.2) is 24.3 Å². The van der Waals surface area contributed by atoms with Gasteiger partial charge < -0.3 is 5.11 Å². The molecular weight excluding hydrogens is 292 g/mol. The minimum absolute atomic E-state index is 0.0284. The molecule has 21 heavy (non-hydrogen) atoms. The van der Waals surface area contributed by atoms with Crippen LogP contribution in [-0.4, -0.2) is 36.9 Å². The van der Waals surface area contributed by atoms with Gasteiger partial charge >= 0.3 is 5.97 Å². The van der Waals surface area contributed by atoms with E-state index in [1.54, 1.807) is 31.2 Å². The summed E-state index contributed by atoms with van der Waals surface area (Å²) in [7, 11) is -3.63. The molecule has 1 heterocycles. The van der Waals surface area contributed by atoms with Gasteiger partial charge in [0.2, 0.25) is 10.0 Å². The third-order valence-corrected chi connectivity index (χ3v) is 5.60. The van der Waals surface area contributed by atoms with Gasteiger partial charge in [-0.25, -0.2) is 12.7 Å². The molecule has 6 nitrogen and oxygen atoms in total. The van der Waals surface area contributed by atoms with E-state index >= 15 is 0 Å². The summed E-state index contributed by atoms with van der Waals surface area (Å²) in [6.45, 7) is 1.72. The lowest BCUT2D eigenvalue weighted by Gasteiger charge is -2.20. The first-order valence-corrected chi connectivity index (χ1v) is 8.09. The van der Waals surface area contributed by atoms with E-state index in [9.17, 15) is 13.2 Å². The third kappa shape index (κ3) is 3.06. The highest BCUT2D eigenvalue weighted by atomic mass is 32.2. The molecule has 1 unspecified atom stereocenters. The van der Waals surface area contributed by atoms with Crippen molar-refractivity contribution in [3.8, 4) is 6.07 Å². The van der Waals surface area contributed by atoms with Gasteiger partial charge in [-0.05, 0) is 25.0 Å². The molecule has 0 amide bonds. The summed E-state index contributed by atoms with van der Waals surface area (Å²) in [4.78, 5) is 11.2. The van der Waals surface area contributed by atoms with Crippen molar-refractivity contribution in [3.05, 3.63) is 35.4 Å². The lowest BCUT2D eigenvalue weighted by molar-refractivity contribution is -0.146. The fourth-order valence-corrected chi connectivity index (χ4v) is 4.05. The van der Waals surface area contributed by atoms with E-state index in [1.807, 2.05) is 6.07 Å². The summed E-state index contributed by atoms with van der Waals surface area (Å²) in [6.07, 6.45) is 0.293. The highest BCUT2D eigenvalue weighted by Gasteiger charge is 2.44. The average molecular weight is 308 g/mol. The van der Waals surface area contributed by atoms with E-state index in [-0.39, 0.29) is 18.8 Å². The minimum Gasteiger partial charge on any atom is -0.481 e. The van der Waals surface area contributed by atoms with Crippen LogP contribution in [-0.2, 0) is 20.6 Å². The average Bonchev–Trinajstić information content (AvgIpc) is 2.84. The van der Waals surface area contributed by atoms with Crippen LogP contribution in [0.1, 0.15) is 24.5 Å². The number of hydrogen-bond donors (Lipinski definition) is 1. The molecule has 112 valence electrons. The summed E-state index contributed by atoms with van der Waals surface area (Å²) >= 11 is 0. The monoisotopic (exact) mass is 308 g/mol. The van der Waals surface area contributed by atoms with E-state index in [4.69, 9.17) is 10.4 Å². The standard InChI is InChI=1S/C14H16N2O4S/c1-14(13(17)18)6-7-16(10-14)21(19,20)9-12-5-3-2-4-11(12)8-15/h2-5H,6-7,9-10H2,1H3,(H,17,18). The Balaban J connectivity index is 2.21. The molecule has 1 aliphatic rings. The van der Waals surface area contributed by atoms with Crippen LogP contribution < -0.4 is 0 Å². The summed E-state index contributed by atoms with van der Waals surface area (Å²) in [5.41, 5.74) is -0.285. The Morgan fingerprint density at radius 1 is 1.48 bits per heavy atom. The Morgan fingerprint density at radius 3 is 2.71 bits per heavy atom. The van der Waals surface area contributed by atoms with Crippen molar-refractivity contribution in [3.63, 3.8) is 0 Å². The third-order valence-electron chi connectivity index (χ3n) is 3.82. The topological polar surface area (TPSA) is 98.5 Å². The van der Waals surface area contributed by atoms with E-state index in [0.717, 1.165) is 0 Å². The number of aliphatic carboxylic acids is 1. The lowest BCUT2D eigenvalue weighted by Crippen LogP contribution is -2.35. The van der Waals surface area contributed by atoms with Crippen LogP contribution in [0.2, 0.25) is 0 Å². The molecule has 0 saturated carbocycles. The van der Waals surface area contributed by atoms with E-state index in [2.05, 4.69) is 0 Å². The molecule has 0 spiro atoms. The second-order valence-corrected chi connectivity index (χ2v) is 7.44. The Hall–Kier alpha value is -1.91. The first-order valence-electron chi connectivity index (χ1n) is 6.48. The van der Waals surface area contributed by atoms with Crippen molar-refractivity contribution in [2.75, 3.05) is 13.1 Å². The molecule has 1 saturated heterocycles. The molecule has 0 bridgehead atoms. The van der Waals surface area contributed by atoms with Crippen molar-refractivity contribution in [1.29, 1.82) is 5.26 Å². The molecule has 1 aromatic carbocycles. The maximum absolute atomic E-state index is 12.4. The number of nitriles is 1. The Kier molecular flexibility index (Phi) is 4.03. The van der Waals surface area contributed by atoms with Gasteiger partial charge in [0.15, 0.2) is 0 Å². The number of carboxylic acid groups (broad SMARTS) is 1. The Labute approximate surface area is 123 Å². The number of benzene rings is 1. The number of carboxylic acids is 1. The normalized spacial score (nSPS) is 22.9. The van der Waals surface area contributed by atoms with Gasteiger partial charge in [0, 0.05) is 13.1 Å². The van der Waals surface area contributed by atoms with Crippen molar-refractivity contribution < 1.29 is 18.3 Å². The predicted octanol–water partition coefficient (Wildman–Crippen LogP) is 1.18. The SMILES string of the molecule is CC1(C(=O)O)CCN(S(=O)(=O)Cc2ccccc2C#N)C1. The largest absolute Gasteiger partial charge is 0.481 e. The molecule has 1 atom stereocenters. The van der Waals surface area contributed by atoms with E-state index in [1.165, 1.54) is 4.31 Å². The summed E-state index contributed by atoms with van der Waals surface area (Å²) in [5, 5.41) is 18.2. The minimum atomic E-state index is -3.63. The summed E-state index contributed by atoms with van der Waals surface area (Å²) < 4.78 is 26.0. The molecule has 0 radical (unpaired) electrons. The van der Waals surface area contributed by atoms with Gasteiger partial charge in [-0.1, -0.05) is 18.2 Å². The maximum atomic E-state index is 12.4. The highest BCUT2D eigenvalue weighted by Crippen LogP contribution is 2.32. The van der Waals surface area contributed by atoms with Crippen molar-refractivity contribution in [2.45, 2.75) is 19.1 Å². The van der Waals surface area contributed by atoms with Crippen LogP contribution >= 0.6 is 0 Å². The van der Waals surface area contributed by atoms with Gasteiger partial charge in [-0.2, -0.15) is 5.26 Å².